The summed E-state index contributed by atoms with van der Waals surface area (Å²) in [5.74, 6) is 0. The van der Waals surface area contributed by atoms with Gasteiger partial charge in [-0.05, 0) is 116 Å². The molecule has 314 valence electrons. The summed E-state index contributed by atoms with van der Waals surface area (Å²) in [7, 11) is 0. The third-order valence-electron chi connectivity index (χ3n) is 13.4. The first-order valence-corrected chi connectivity index (χ1v) is 22.9. The van der Waals surface area contributed by atoms with Crippen molar-refractivity contribution in [1.82, 2.24) is 4.57 Å². The van der Waals surface area contributed by atoms with Crippen molar-refractivity contribution in [2.75, 3.05) is 4.90 Å². The third-order valence-corrected chi connectivity index (χ3v) is 13.4. The average Bonchev–Trinajstić information content (AvgIpc) is 3.96. The summed E-state index contributed by atoms with van der Waals surface area (Å²) in [4.78, 5) is 2.34. The van der Waals surface area contributed by atoms with E-state index in [1.54, 1.807) is 0 Å². The van der Waals surface area contributed by atoms with E-state index in [1.807, 2.05) is 12.1 Å². The van der Waals surface area contributed by atoms with Crippen LogP contribution in [0.5, 0.6) is 0 Å². The van der Waals surface area contributed by atoms with Crippen LogP contribution >= 0.6 is 0 Å². The van der Waals surface area contributed by atoms with Gasteiger partial charge >= 0.3 is 0 Å². The number of para-hydroxylation sites is 4. The molecule has 0 saturated heterocycles. The van der Waals surface area contributed by atoms with Crippen LogP contribution in [0.1, 0.15) is 0 Å². The summed E-state index contributed by atoms with van der Waals surface area (Å²) in [5, 5.41) is 7.30. The quantitative estimate of drug-likeness (QED) is 0.152. The highest BCUT2D eigenvalue weighted by Crippen LogP contribution is 2.41. The lowest BCUT2D eigenvalue weighted by atomic mass is 9.96. The van der Waals surface area contributed by atoms with Crippen LogP contribution in [0.25, 0.3) is 105 Å². The van der Waals surface area contributed by atoms with Gasteiger partial charge in [-0.3, -0.25) is 0 Å². The lowest BCUT2D eigenvalue weighted by Crippen LogP contribution is -2.09. The number of aromatic nitrogens is 1. The Hall–Kier alpha value is -8.92. The molecule has 0 radical (unpaired) electrons. The number of anilines is 3. The first-order valence-electron chi connectivity index (χ1n) is 22.9. The molecule has 3 heteroatoms. The zero-order valence-corrected chi connectivity index (χ0v) is 36.6. The summed E-state index contributed by atoms with van der Waals surface area (Å²) >= 11 is 0. The fourth-order valence-electron chi connectivity index (χ4n) is 10.2. The molecule has 13 rings (SSSR count). The summed E-state index contributed by atoms with van der Waals surface area (Å²) in [6.07, 6.45) is 0. The van der Waals surface area contributed by atoms with Crippen molar-refractivity contribution in [3.63, 3.8) is 0 Å². The molecule has 0 N–H and O–H groups in total. The van der Waals surface area contributed by atoms with Crippen molar-refractivity contribution in [3.05, 3.63) is 255 Å². The van der Waals surface area contributed by atoms with Crippen LogP contribution in [-0.4, -0.2) is 4.57 Å². The Morgan fingerprint density at radius 1 is 0.299 bits per heavy atom. The predicted octanol–water partition coefficient (Wildman–Crippen LogP) is 18.0. The van der Waals surface area contributed by atoms with Gasteiger partial charge in [0.05, 0.1) is 11.0 Å². The summed E-state index contributed by atoms with van der Waals surface area (Å²) in [6.45, 7) is 0. The standard InChI is InChI=1S/C64H42N2O/c1-2-16-54-46(12-1)13-10-20-55(54)47-28-26-43(27-29-47)44-30-36-50(37-31-44)65(52-40-34-48(35-41-52)56-21-11-22-60-59-19-5-8-25-63(59)67-64(56)60)51-38-32-45(33-39-51)49-14-9-15-53(42-49)66-61-23-6-3-17-57(61)58-18-4-7-24-62(58)66/h1-42H. The van der Waals surface area contributed by atoms with E-state index in [0.29, 0.717) is 0 Å². The molecule has 0 bridgehead atoms. The number of hydrogen-bond donors (Lipinski definition) is 0. The van der Waals surface area contributed by atoms with Crippen LogP contribution in [0.4, 0.5) is 17.1 Å². The largest absolute Gasteiger partial charge is 0.455 e. The summed E-state index contributed by atoms with van der Waals surface area (Å²) in [5.41, 5.74) is 17.9. The zero-order chi connectivity index (χ0) is 44.3. The van der Waals surface area contributed by atoms with Gasteiger partial charge < -0.3 is 13.9 Å². The van der Waals surface area contributed by atoms with E-state index in [0.717, 1.165) is 66.9 Å². The molecule has 11 aromatic carbocycles. The van der Waals surface area contributed by atoms with Crippen LogP contribution in [-0.2, 0) is 0 Å². The number of fused-ring (bicyclic) bond motifs is 7. The van der Waals surface area contributed by atoms with Gasteiger partial charge in [-0.25, -0.2) is 0 Å². The number of benzene rings is 11. The monoisotopic (exact) mass is 854 g/mol. The highest BCUT2D eigenvalue weighted by molar-refractivity contribution is 6.10. The van der Waals surface area contributed by atoms with E-state index in [2.05, 4.69) is 252 Å². The predicted molar refractivity (Wildman–Crippen MR) is 282 cm³/mol. The zero-order valence-electron chi connectivity index (χ0n) is 36.6. The fourth-order valence-corrected chi connectivity index (χ4v) is 10.2. The molecule has 0 aliphatic heterocycles. The second-order valence-corrected chi connectivity index (χ2v) is 17.3. The molecule has 2 heterocycles. The molecule has 0 unspecified atom stereocenters. The van der Waals surface area contributed by atoms with Crippen molar-refractivity contribution in [2.24, 2.45) is 0 Å². The van der Waals surface area contributed by atoms with Crippen LogP contribution in [0.3, 0.4) is 0 Å². The lowest BCUT2D eigenvalue weighted by molar-refractivity contribution is 0.670. The topological polar surface area (TPSA) is 21.3 Å². The number of nitrogens with zero attached hydrogens (tertiary/aromatic N) is 2. The number of hydrogen-bond acceptors (Lipinski definition) is 2. The smallest absolute Gasteiger partial charge is 0.143 e. The maximum Gasteiger partial charge on any atom is 0.143 e. The van der Waals surface area contributed by atoms with Crippen molar-refractivity contribution < 1.29 is 4.42 Å². The van der Waals surface area contributed by atoms with Gasteiger partial charge in [0.2, 0.25) is 0 Å². The highest BCUT2D eigenvalue weighted by atomic mass is 16.3. The SMILES string of the molecule is c1cc(-c2ccc(N(c3ccc(-c4ccc(-c5cccc6ccccc56)cc4)cc3)c3ccc(-c4cccc5c4oc4ccccc45)cc3)cc2)cc(-n2c3ccccc3c3ccccc32)c1. The molecular formula is C64H42N2O. The van der Waals surface area contributed by atoms with Gasteiger partial charge in [0.15, 0.2) is 0 Å². The van der Waals surface area contributed by atoms with Gasteiger partial charge in [-0.1, -0.05) is 188 Å². The summed E-state index contributed by atoms with van der Waals surface area (Å²) in [6, 6.07) is 91.8. The maximum atomic E-state index is 6.45. The van der Waals surface area contributed by atoms with Crippen molar-refractivity contribution in [3.8, 4) is 50.2 Å². The van der Waals surface area contributed by atoms with Crippen molar-refractivity contribution >= 4 is 71.6 Å². The van der Waals surface area contributed by atoms with Crippen molar-refractivity contribution in [1.29, 1.82) is 0 Å². The molecule has 0 spiro atoms. The minimum atomic E-state index is 0.902. The second-order valence-electron chi connectivity index (χ2n) is 17.3. The Morgan fingerprint density at radius 2 is 0.746 bits per heavy atom. The molecule has 3 nitrogen and oxygen atoms in total. The Balaban J connectivity index is 0.860. The molecule has 0 aliphatic rings. The van der Waals surface area contributed by atoms with Crippen LogP contribution < -0.4 is 4.90 Å². The van der Waals surface area contributed by atoms with E-state index in [9.17, 15) is 0 Å². The van der Waals surface area contributed by atoms with Crippen molar-refractivity contribution in [2.45, 2.75) is 0 Å². The molecule has 0 aliphatic carbocycles. The Morgan fingerprint density at radius 3 is 1.42 bits per heavy atom. The van der Waals surface area contributed by atoms with Gasteiger partial charge in [-0.2, -0.15) is 0 Å². The van der Waals surface area contributed by atoms with Crippen LogP contribution in [0.2, 0.25) is 0 Å². The van der Waals surface area contributed by atoms with Gasteiger partial charge in [0.1, 0.15) is 11.2 Å². The summed E-state index contributed by atoms with van der Waals surface area (Å²) < 4.78 is 8.83. The van der Waals surface area contributed by atoms with Gasteiger partial charge in [0, 0.05) is 49.9 Å². The third kappa shape index (κ3) is 6.67. The van der Waals surface area contributed by atoms with E-state index >= 15 is 0 Å². The van der Waals surface area contributed by atoms with Gasteiger partial charge in [0.25, 0.3) is 0 Å². The molecule has 67 heavy (non-hydrogen) atoms. The Bertz CT molecular complexity index is 3890. The first kappa shape index (κ1) is 38.5. The molecule has 13 aromatic rings. The first-order chi connectivity index (χ1) is 33.2. The Kier molecular flexibility index (Phi) is 9.17. The normalized spacial score (nSPS) is 11.6. The van der Waals surface area contributed by atoms with E-state index in [1.165, 1.54) is 54.8 Å². The number of rotatable bonds is 8. The minimum Gasteiger partial charge on any atom is -0.455 e. The van der Waals surface area contributed by atoms with E-state index in [-0.39, 0.29) is 0 Å². The van der Waals surface area contributed by atoms with Crippen LogP contribution in [0, 0.1) is 0 Å². The van der Waals surface area contributed by atoms with Crippen LogP contribution in [0.15, 0.2) is 259 Å². The Labute approximate surface area is 388 Å². The molecule has 0 atom stereocenters. The minimum absolute atomic E-state index is 0.902. The molecular weight excluding hydrogens is 813 g/mol. The average molecular weight is 855 g/mol. The maximum absolute atomic E-state index is 6.45. The molecule has 2 aromatic heterocycles. The van der Waals surface area contributed by atoms with E-state index in [4.69, 9.17) is 4.42 Å². The highest BCUT2D eigenvalue weighted by Gasteiger charge is 2.17. The van der Waals surface area contributed by atoms with E-state index < -0.39 is 0 Å². The molecule has 0 saturated carbocycles. The molecule has 0 fully saturated rings. The lowest BCUT2D eigenvalue weighted by Gasteiger charge is -2.26. The van der Waals surface area contributed by atoms with Gasteiger partial charge in [-0.15, -0.1) is 0 Å². The number of furan rings is 1. The fraction of sp³-hybridized carbons (Fsp3) is 0. The molecule has 0 amide bonds. The second kappa shape index (κ2) is 16.0.